The lowest BCUT2D eigenvalue weighted by Gasteiger charge is -2.28. The second-order valence-electron chi connectivity index (χ2n) is 29.0. The Bertz CT molecular complexity index is 6940. The van der Waals surface area contributed by atoms with Gasteiger partial charge in [0.2, 0.25) is 0 Å². The highest BCUT2D eigenvalue weighted by Crippen LogP contribution is 2.45. The number of aromatic nitrogens is 4. The zero-order valence-electron chi connectivity index (χ0n) is 61.9. The molecule has 21 aromatic rings. The van der Waals surface area contributed by atoms with Gasteiger partial charge in [-0.2, -0.15) is 0 Å². The Morgan fingerprint density at radius 2 is 0.450 bits per heavy atom. The number of benzene rings is 17. The fourth-order valence-electron chi connectivity index (χ4n) is 17.1. The van der Waals surface area contributed by atoms with Crippen LogP contribution in [0, 0.1) is 20.8 Å². The summed E-state index contributed by atoms with van der Waals surface area (Å²) in [4.78, 5) is 4.72. The molecular formula is C105H76N6. The number of hydrogen-bond donors (Lipinski definition) is 0. The molecule has 111 heavy (non-hydrogen) atoms. The molecule has 0 aliphatic rings. The fraction of sp³-hybridized carbons (Fsp3) is 0.0286. The molecule has 0 amide bonds. The quantitative estimate of drug-likeness (QED) is 0.115. The summed E-state index contributed by atoms with van der Waals surface area (Å²) >= 11 is 0. The highest BCUT2D eigenvalue weighted by Gasteiger charge is 2.23. The van der Waals surface area contributed by atoms with E-state index in [-0.39, 0.29) is 0 Å². The van der Waals surface area contributed by atoms with E-state index in [9.17, 15) is 0 Å². The fourth-order valence-corrected chi connectivity index (χ4v) is 17.1. The van der Waals surface area contributed by atoms with E-state index in [0.29, 0.717) is 0 Å². The van der Waals surface area contributed by atoms with Crippen LogP contribution < -0.4 is 9.80 Å². The molecule has 4 heterocycles. The van der Waals surface area contributed by atoms with Crippen molar-refractivity contribution in [3.63, 3.8) is 0 Å². The molecule has 17 aromatic carbocycles. The van der Waals surface area contributed by atoms with E-state index in [1.165, 1.54) is 149 Å². The summed E-state index contributed by atoms with van der Waals surface area (Å²) in [5, 5.41) is 10.1. The van der Waals surface area contributed by atoms with Crippen LogP contribution in [0.25, 0.3) is 143 Å². The predicted molar refractivity (Wildman–Crippen MR) is 470 cm³/mol. The molecule has 0 unspecified atom stereocenters. The Morgan fingerprint density at radius 1 is 0.180 bits per heavy atom. The van der Waals surface area contributed by atoms with Gasteiger partial charge < -0.3 is 28.1 Å². The Hall–Kier alpha value is -14.5. The third kappa shape index (κ3) is 11.7. The molecule has 0 saturated carbocycles. The van der Waals surface area contributed by atoms with Gasteiger partial charge in [-0.05, 0) is 247 Å². The zero-order chi connectivity index (χ0) is 74.0. The van der Waals surface area contributed by atoms with E-state index in [4.69, 9.17) is 0 Å². The minimum atomic E-state index is 1.10. The van der Waals surface area contributed by atoms with Gasteiger partial charge in [-0.1, -0.05) is 230 Å². The first kappa shape index (κ1) is 66.0. The van der Waals surface area contributed by atoms with E-state index in [2.05, 4.69) is 455 Å². The van der Waals surface area contributed by atoms with Crippen molar-refractivity contribution in [2.75, 3.05) is 9.80 Å². The van der Waals surface area contributed by atoms with Gasteiger partial charge in [-0.15, -0.1) is 0 Å². The summed E-state index contributed by atoms with van der Waals surface area (Å²) in [6.07, 6.45) is 0. The maximum Gasteiger partial charge on any atom is 0.0541 e. The van der Waals surface area contributed by atoms with Crippen molar-refractivity contribution in [1.82, 2.24) is 18.3 Å². The molecule has 0 spiro atoms. The largest absolute Gasteiger partial charge is 0.311 e. The lowest BCUT2D eigenvalue weighted by molar-refractivity contribution is 1.17. The molecule has 4 aromatic heterocycles. The highest BCUT2D eigenvalue weighted by atomic mass is 15.2. The van der Waals surface area contributed by atoms with Crippen LogP contribution in [0.2, 0.25) is 0 Å². The third-order valence-corrected chi connectivity index (χ3v) is 22.3. The van der Waals surface area contributed by atoms with Crippen molar-refractivity contribution in [1.29, 1.82) is 0 Å². The van der Waals surface area contributed by atoms with Crippen LogP contribution in [0.15, 0.2) is 406 Å². The maximum absolute atomic E-state index is 2.39. The van der Waals surface area contributed by atoms with Crippen molar-refractivity contribution in [2.24, 2.45) is 0 Å². The molecule has 0 aliphatic carbocycles. The summed E-state index contributed by atoms with van der Waals surface area (Å²) in [5.41, 5.74) is 32.1. The van der Waals surface area contributed by atoms with Crippen molar-refractivity contribution < 1.29 is 0 Å². The molecule has 0 bridgehead atoms. The normalized spacial score (nSPS) is 11.6. The Labute approximate surface area is 645 Å². The van der Waals surface area contributed by atoms with Gasteiger partial charge in [0.15, 0.2) is 0 Å². The minimum Gasteiger partial charge on any atom is -0.311 e. The van der Waals surface area contributed by atoms with Crippen LogP contribution in [-0.4, -0.2) is 18.3 Å². The second-order valence-corrected chi connectivity index (χ2v) is 29.0. The number of anilines is 6. The van der Waals surface area contributed by atoms with Gasteiger partial charge >= 0.3 is 0 Å². The van der Waals surface area contributed by atoms with Crippen molar-refractivity contribution in [3.05, 3.63) is 423 Å². The maximum atomic E-state index is 2.39. The molecule has 0 saturated heterocycles. The summed E-state index contributed by atoms with van der Waals surface area (Å²) in [6, 6.07) is 147. The SMILES string of the molecule is Cc1cc(N(c2ccccc2)c2ccc(-n3c4ccccc4c4ccccc43)cc2)c(C)cc1-c1ccc2c(c1)c1ccccc1n2-c1ccccc1.Cc1ccc(-c2ccc(-n3c4ccccc4c4cc(-c5ccc(N(c6ccccc6)c6ccc(-n7c8ccccc8c8ccccc87)cc6)cc5)ccc43)cc2)cc1. The lowest BCUT2D eigenvalue weighted by atomic mass is 9.95. The lowest BCUT2D eigenvalue weighted by Crippen LogP contribution is -2.12. The molecule has 21 rings (SSSR count). The standard InChI is InChI=1S/C55H39N3.C50H37N3/c1-38-19-21-39(22-20-38)40-23-30-46(31-24-40)58-54-18-10-7-15-50(54)51-37-42(27-36-55(51)58)41-25-28-44(29-26-41)56(43-11-3-2-4-12-43)45-32-34-47(35-33-45)57-52-16-8-5-13-48(52)49-14-6-9-17-53(49)57;1-34-32-50(35(2)31-44(34)36-25-30-49-45(33-36)43-21-11-14-24-48(43)52(49)38-17-7-4-8-18-38)51(37-15-5-3-6-16-37)39-26-28-40(29-27-39)53-46-22-12-9-19-41(46)42-20-10-13-23-47(42)53/h2-37H,1H3;3-33H,1-2H3. The van der Waals surface area contributed by atoms with Gasteiger partial charge in [0.1, 0.15) is 0 Å². The highest BCUT2D eigenvalue weighted by molar-refractivity contribution is 6.13. The van der Waals surface area contributed by atoms with Crippen LogP contribution in [0.4, 0.5) is 34.1 Å². The first-order valence-electron chi connectivity index (χ1n) is 38.2. The van der Waals surface area contributed by atoms with E-state index >= 15 is 0 Å². The molecule has 0 fully saturated rings. The molecular weight excluding hydrogens is 1350 g/mol. The molecule has 6 nitrogen and oxygen atoms in total. The Balaban J connectivity index is 0.000000146. The molecule has 0 atom stereocenters. The number of fused-ring (bicyclic) bond motifs is 12. The van der Waals surface area contributed by atoms with Gasteiger partial charge in [0, 0.05) is 100.0 Å². The Morgan fingerprint density at radius 3 is 0.874 bits per heavy atom. The van der Waals surface area contributed by atoms with Gasteiger partial charge in [-0.3, -0.25) is 0 Å². The summed E-state index contributed by atoms with van der Waals surface area (Å²) in [5.74, 6) is 0. The molecule has 526 valence electrons. The van der Waals surface area contributed by atoms with Crippen LogP contribution in [0.5, 0.6) is 0 Å². The van der Waals surface area contributed by atoms with Crippen molar-refractivity contribution >= 4 is 121 Å². The average Bonchev–Trinajstić information content (AvgIpc) is 1.63. The van der Waals surface area contributed by atoms with Crippen LogP contribution in [0.1, 0.15) is 16.7 Å². The first-order valence-corrected chi connectivity index (χ1v) is 38.2. The molecule has 0 aliphatic heterocycles. The molecule has 0 radical (unpaired) electrons. The zero-order valence-corrected chi connectivity index (χ0v) is 61.9. The molecule has 0 N–H and O–H groups in total. The van der Waals surface area contributed by atoms with Crippen LogP contribution >= 0.6 is 0 Å². The monoisotopic (exact) mass is 1420 g/mol. The summed E-state index contributed by atoms with van der Waals surface area (Å²) < 4.78 is 9.51. The van der Waals surface area contributed by atoms with E-state index in [1.807, 2.05) is 0 Å². The van der Waals surface area contributed by atoms with Crippen LogP contribution in [0.3, 0.4) is 0 Å². The van der Waals surface area contributed by atoms with Gasteiger partial charge in [0.25, 0.3) is 0 Å². The Kier molecular flexibility index (Phi) is 16.5. The van der Waals surface area contributed by atoms with Crippen LogP contribution in [-0.2, 0) is 0 Å². The second kappa shape index (κ2) is 27.7. The number of para-hydroxylation sites is 9. The predicted octanol–water partition coefficient (Wildman–Crippen LogP) is 28.6. The number of nitrogens with zero attached hydrogens (tertiary/aromatic N) is 6. The van der Waals surface area contributed by atoms with E-state index in [1.54, 1.807) is 0 Å². The minimum absolute atomic E-state index is 1.10. The van der Waals surface area contributed by atoms with Crippen molar-refractivity contribution in [3.8, 4) is 56.1 Å². The van der Waals surface area contributed by atoms with Crippen molar-refractivity contribution in [2.45, 2.75) is 20.8 Å². The van der Waals surface area contributed by atoms with Gasteiger partial charge in [0.05, 0.1) is 44.1 Å². The smallest absolute Gasteiger partial charge is 0.0541 e. The average molecular weight is 1420 g/mol. The third-order valence-electron chi connectivity index (χ3n) is 22.3. The number of aryl methyl sites for hydroxylation is 3. The van der Waals surface area contributed by atoms with E-state index < -0.39 is 0 Å². The number of rotatable bonds is 13. The first-order chi connectivity index (χ1) is 54.8. The van der Waals surface area contributed by atoms with Gasteiger partial charge in [-0.25, -0.2) is 0 Å². The molecule has 6 heteroatoms. The van der Waals surface area contributed by atoms with E-state index in [0.717, 1.165) is 45.5 Å². The topological polar surface area (TPSA) is 26.2 Å². The summed E-state index contributed by atoms with van der Waals surface area (Å²) in [7, 11) is 0. The summed E-state index contributed by atoms with van der Waals surface area (Å²) in [6.45, 7) is 6.61. The number of hydrogen-bond acceptors (Lipinski definition) is 2.